The topological polar surface area (TPSA) is 62.5 Å². The van der Waals surface area contributed by atoms with Gasteiger partial charge in [0, 0.05) is 51.0 Å². The molecule has 0 radical (unpaired) electrons. The third-order valence-electron chi connectivity index (χ3n) is 5.25. The molecule has 2 aromatic rings. The average Bonchev–Trinajstić information content (AvgIpc) is 2.68. The number of carbonyl (C=O) groups excluding carboxylic acids is 1. The van der Waals surface area contributed by atoms with E-state index in [1.165, 1.54) is 11.1 Å². The van der Waals surface area contributed by atoms with Crippen molar-refractivity contribution in [2.45, 2.75) is 38.3 Å². The zero-order chi connectivity index (χ0) is 18.9. The molecule has 1 aromatic carbocycles. The molecular weight excluding hydrogens is 336 g/mol. The van der Waals surface area contributed by atoms with Gasteiger partial charge >= 0.3 is 0 Å². The number of rotatable bonds is 9. The average molecular weight is 367 g/mol. The number of pyridine rings is 1. The maximum Gasteiger partial charge on any atom is 0.217 e. The van der Waals surface area contributed by atoms with Crippen LogP contribution in [0, 0.1) is 0 Å². The molecule has 1 aliphatic rings. The summed E-state index contributed by atoms with van der Waals surface area (Å²) in [5.74, 6) is -0.197. The van der Waals surface area contributed by atoms with Crippen LogP contribution < -0.4 is 5.73 Å². The SMILES string of the molecule is NC(=O)CCCCN1CCN(Cc2cccnc2)CC1Cc1ccccc1. The van der Waals surface area contributed by atoms with Crippen molar-refractivity contribution in [1.29, 1.82) is 0 Å². The Morgan fingerprint density at radius 1 is 1.07 bits per heavy atom. The lowest BCUT2D eigenvalue weighted by Gasteiger charge is -2.42. The first kappa shape index (κ1) is 19.5. The fourth-order valence-electron chi connectivity index (χ4n) is 3.84. The lowest BCUT2D eigenvalue weighted by Crippen LogP contribution is -2.53. The second-order valence-corrected chi connectivity index (χ2v) is 7.40. The molecule has 5 nitrogen and oxygen atoms in total. The first-order valence-electron chi connectivity index (χ1n) is 9.88. The fraction of sp³-hybridized carbons (Fsp3) is 0.455. The molecule has 1 unspecified atom stereocenters. The first-order chi connectivity index (χ1) is 13.2. The number of hydrogen-bond acceptors (Lipinski definition) is 4. The van der Waals surface area contributed by atoms with E-state index in [0.717, 1.165) is 52.0 Å². The molecule has 3 rings (SSSR count). The van der Waals surface area contributed by atoms with Crippen molar-refractivity contribution in [2.24, 2.45) is 5.73 Å². The zero-order valence-corrected chi connectivity index (χ0v) is 16.0. The molecule has 1 aliphatic heterocycles. The highest BCUT2D eigenvalue weighted by Crippen LogP contribution is 2.18. The minimum atomic E-state index is -0.197. The van der Waals surface area contributed by atoms with Gasteiger partial charge in [0.15, 0.2) is 0 Å². The molecule has 2 N–H and O–H groups in total. The van der Waals surface area contributed by atoms with E-state index in [-0.39, 0.29) is 5.91 Å². The first-order valence-corrected chi connectivity index (χ1v) is 9.88. The maximum atomic E-state index is 11.0. The largest absolute Gasteiger partial charge is 0.370 e. The van der Waals surface area contributed by atoms with Gasteiger partial charge in [-0.3, -0.25) is 19.6 Å². The normalized spacial score (nSPS) is 18.4. The minimum Gasteiger partial charge on any atom is -0.370 e. The van der Waals surface area contributed by atoms with E-state index in [2.05, 4.69) is 51.2 Å². The maximum absolute atomic E-state index is 11.0. The molecule has 1 aromatic heterocycles. The molecule has 0 saturated carbocycles. The van der Waals surface area contributed by atoms with Crippen molar-refractivity contribution in [2.75, 3.05) is 26.2 Å². The van der Waals surface area contributed by atoms with Crippen molar-refractivity contribution in [3.8, 4) is 0 Å². The van der Waals surface area contributed by atoms with Gasteiger partial charge < -0.3 is 5.73 Å². The Labute approximate surface area is 162 Å². The number of primary amides is 1. The summed E-state index contributed by atoms with van der Waals surface area (Å²) < 4.78 is 0. The predicted octanol–water partition coefficient (Wildman–Crippen LogP) is 2.47. The Hall–Kier alpha value is -2.24. The lowest BCUT2D eigenvalue weighted by atomic mass is 10.0. The van der Waals surface area contributed by atoms with E-state index >= 15 is 0 Å². The van der Waals surface area contributed by atoms with E-state index in [1.54, 1.807) is 0 Å². The number of nitrogens with zero attached hydrogens (tertiary/aromatic N) is 3. The van der Waals surface area contributed by atoms with Crippen LogP contribution in [0.15, 0.2) is 54.9 Å². The number of carbonyl (C=O) groups is 1. The summed E-state index contributed by atoms with van der Waals surface area (Å²) in [5, 5.41) is 0. The van der Waals surface area contributed by atoms with Gasteiger partial charge in [-0.15, -0.1) is 0 Å². The standard InChI is InChI=1S/C22H30N4O/c23-22(27)10-4-5-12-26-14-13-25(17-20-9-6-11-24-16-20)18-21(26)15-19-7-2-1-3-8-19/h1-3,6-9,11,16,21H,4-5,10,12-15,17-18H2,(H2,23,27). The lowest BCUT2D eigenvalue weighted by molar-refractivity contribution is -0.118. The Bertz CT molecular complexity index is 692. The molecule has 1 atom stereocenters. The Balaban J connectivity index is 1.60. The number of unbranched alkanes of at least 4 members (excludes halogenated alkanes) is 1. The van der Waals surface area contributed by atoms with Crippen LogP contribution in [0.3, 0.4) is 0 Å². The monoisotopic (exact) mass is 366 g/mol. The summed E-state index contributed by atoms with van der Waals surface area (Å²) in [7, 11) is 0. The smallest absolute Gasteiger partial charge is 0.217 e. The van der Waals surface area contributed by atoms with Crippen LogP contribution in [0.1, 0.15) is 30.4 Å². The van der Waals surface area contributed by atoms with Crippen molar-refractivity contribution in [3.63, 3.8) is 0 Å². The summed E-state index contributed by atoms with van der Waals surface area (Å²) in [6.45, 7) is 5.17. The molecule has 5 heteroatoms. The molecular formula is C22H30N4O. The predicted molar refractivity (Wildman–Crippen MR) is 108 cm³/mol. The molecule has 1 saturated heterocycles. The van der Waals surface area contributed by atoms with Gasteiger partial charge in [-0.05, 0) is 43.0 Å². The molecule has 144 valence electrons. The van der Waals surface area contributed by atoms with Gasteiger partial charge in [0.25, 0.3) is 0 Å². The van der Waals surface area contributed by atoms with Crippen molar-refractivity contribution in [3.05, 3.63) is 66.0 Å². The molecule has 0 spiro atoms. The molecule has 1 fully saturated rings. The number of amides is 1. The molecule has 27 heavy (non-hydrogen) atoms. The van der Waals surface area contributed by atoms with E-state index < -0.39 is 0 Å². The summed E-state index contributed by atoms with van der Waals surface area (Å²) in [5.41, 5.74) is 7.92. The summed E-state index contributed by atoms with van der Waals surface area (Å²) in [6, 6.07) is 15.4. The van der Waals surface area contributed by atoms with E-state index in [4.69, 9.17) is 5.73 Å². The van der Waals surface area contributed by atoms with Crippen LogP contribution in [-0.4, -0.2) is 52.9 Å². The molecule has 0 bridgehead atoms. The minimum absolute atomic E-state index is 0.197. The van der Waals surface area contributed by atoms with Crippen LogP contribution in [0.2, 0.25) is 0 Å². The number of piperazine rings is 1. The van der Waals surface area contributed by atoms with Crippen LogP contribution in [0.4, 0.5) is 0 Å². The highest BCUT2D eigenvalue weighted by atomic mass is 16.1. The van der Waals surface area contributed by atoms with Crippen LogP contribution in [0.25, 0.3) is 0 Å². The Morgan fingerprint density at radius 2 is 1.89 bits per heavy atom. The van der Waals surface area contributed by atoms with Crippen LogP contribution in [0.5, 0.6) is 0 Å². The fourth-order valence-corrected chi connectivity index (χ4v) is 3.84. The Kier molecular flexibility index (Phi) is 7.36. The number of nitrogens with two attached hydrogens (primary N) is 1. The summed E-state index contributed by atoms with van der Waals surface area (Å²) in [4.78, 5) is 20.3. The van der Waals surface area contributed by atoms with E-state index in [0.29, 0.717) is 12.5 Å². The van der Waals surface area contributed by atoms with E-state index in [9.17, 15) is 4.79 Å². The van der Waals surface area contributed by atoms with Crippen LogP contribution >= 0.6 is 0 Å². The van der Waals surface area contributed by atoms with Crippen molar-refractivity contribution in [1.82, 2.24) is 14.8 Å². The summed E-state index contributed by atoms with van der Waals surface area (Å²) >= 11 is 0. The highest BCUT2D eigenvalue weighted by Gasteiger charge is 2.26. The van der Waals surface area contributed by atoms with E-state index in [1.807, 2.05) is 18.5 Å². The number of aromatic nitrogens is 1. The molecule has 0 aliphatic carbocycles. The van der Waals surface area contributed by atoms with Gasteiger partial charge in [-0.1, -0.05) is 36.4 Å². The van der Waals surface area contributed by atoms with Gasteiger partial charge in [0.05, 0.1) is 0 Å². The second kappa shape index (κ2) is 10.2. The third kappa shape index (κ3) is 6.45. The highest BCUT2D eigenvalue weighted by molar-refractivity contribution is 5.73. The number of hydrogen-bond donors (Lipinski definition) is 1. The zero-order valence-electron chi connectivity index (χ0n) is 16.0. The third-order valence-corrected chi connectivity index (χ3v) is 5.25. The quantitative estimate of drug-likeness (QED) is 0.693. The van der Waals surface area contributed by atoms with Gasteiger partial charge in [-0.25, -0.2) is 0 Å². The van der Waals surface area contributed by atoms with Gasteiger partial charge in [-0.2, -0.15) is 0 Å². The van der Waals surface area contributed by atoms with Gasteiger partial charge in [0.1, 0.15) is 0 Å². The summed E-state index contributed by atoms with van der Waals surface area (Å²) in [6.07, 6.45) is 7.23. The Morgan fingerprint density at radius 3 is 2.63 bits per heavy atom. The molecule has 2 heterocycles. The van der Waals surface area contributed by atoms with Crippen molar-refractivity contribution >= 4 is 5.91 Å². The molecule has 1 amide bonds. The van der Waals surface area contributed by atoms with Crippen molar-refractivity contribution < 1.29 is 4.79 Å². The van der Waals surface area contributed by atoms with Gasteiger partial charge in [0.2, 0.25) is 5.91 Å². The van der Waals surface area contributed by atoms with Crippen LogP contribution in [-0.2, 0) is 17.8 Å². The second-order valence-electron chi connectivity index (χ2n) is 7.40. The number of benzene rings is 1.